The zero-order chi connectivity index (χ0) is 10.4. The molecule has 2 rings (SSSR count). The van der Waals surface area contributed by atoms with Gasteiger partial charge in [0.05, 0.1) is 18.8 Å². The predicted molar refractivity (Wildman–Crippen MR) is 57.4 cm³/mol. The molecule has 0 unspecified atom stereocenters. The van der Waals surface area contributed by atoms with E-state index in [1.807, 2.05) is 6.92 Å². The van der Waals surface area contributed by atoms with Crippen molar-refractivity contribution in [1.82, 2.24) is 4.90 Å². The first kappa shape index (κ1) is 12.0. The highest BCUT2D eigenvalue weighted by atomic mass is 16.5. The van der Waals surface area contributed by atoms with Crippen molar-refractivity contribution in [3.05, 3.63) is 0 Å². The average Bonchev–Trinajstić information content (AvgIpc) is 2.52. The molecule has 0 atom stereocenters. The van der Waals surface area contributed by atoms with Gasteiger partial charge >= 0.3 is 0 Å². The average molecular weight is 201 g/mol. The summed E-state index contributed by atoms with van der Waals surface area (Å²) in [5.41, 5.74) is -0.306. The first-order valence-corrected chi connectivity index (χ1v) is 5.59. The third kappa shape index (κ3) is 4.94. The lowest BCUT2D eigenvalue weighted by molar-refractivity contribution is 0.0503. The lowest BCUT2D eigenvalue weighted by atomic mass is 10.1. The van der Waals surface area contributed by atoms with Gasteiger partial charge in [-0.25, -0.2) is 0 Å². The first-order valence-electron chi connectivity index (χ1n) is 5.59. The molecule has 0 aromatic rings. The maximum Gasteiger partial charge on any atom is 0.0619 e. The lowest BCUT2D eigenvalue weighted by Gasteiger charge is -2.21. The SMILES string of the molecule is CC1(O)CCCC1.CN1CCOCC1. The molecule has 0 radical (unpaired) electrons. The van der Waals surface area contributed by atoms with Crippen molar-refractivity contribution >= 4 is 0 Å². The highest BCUT2D eigenvalue weighted by Gasteiger charge is 2.24. The molecule has 2 aliphatic rings. The number of ether oxygens (including phenoxy) is 1. The second kappa shape index (κ2) is 5.69. The molecule has 0 aromatic carbocycles. The fourth-order valence-corrected chi connectivity index (χ4v) is 1.79. The van der Waals surface area contributed by atoms with Gasteiger partial charge in [-0.2, -0.15) is 0 Å². The number of rotatable bonds is 0. The summed E-state index contributed by atoms with van der Waals surface area (Å²) in [4.78, 5) is 2.27. The highest BCUT2D eigenvalue weighted by Crippen LogP contribution is 2.27. The number of aliphatic hydroxyl groups is 1. The fourth-order valence-electron chi connectivity index (χ4n) is 1.79. The van der Waals surface area contributed by atoms with Crippen LogP contribution in [0.3, 0.4) is 0 Å². The topological polar surface area (TPSA) is 32.7 Å². The van der Waals surface area contributed by atoms with Crippen LogP contribution in [0.4, 0.5) is 0 Å². The summed E-state index contributed by atoms with van der Waals surface area (Å²) in [6.45, 7) is 5.94. The van der Waals surface area contributed by atoms with Crippen LogP contribution in [0.15, 0.2) is 0 Å². The van der Waals surface area contributed by atoms with Crippen molar-refractivity contribution in [2.45, 2.75) is 38.2 Å². The van der Waals surface area contributed by atoms with Gasteiger partial charge in [-0.05, 0) is 26.8 Å². The van der Waals surface area contributed by atoms with E-state index < -0.39 is 0 Å². The Morgan fingerprint density at radius 2 is 1.64 bits per heavy atom. The molecule has 1 saturated heterocycles. The summed E-state index contributed by atoms with van der Waals surface area (Å²) in [6, 6.07) is 0. The molecule has 0 bridgehead atoms. The summed E-state index contributed by atoms with van der Waals surface area (Å²) < 4.78 is 5.10. The van der Waals surface area contributed by atoms with Gasteiger partial charge in [0.1, 0.15) is 0 Å². The van der Waals surface area contributed by atoms with Crippen LogP contribution in [-0.4, -0.2) is 49.0 Å². The van der Waals surface area contributed by atoms with Gasteiger partial charge in [0.2, 0.25) is 0 Å². The molecular formula is C11H23NO2. The predicted octanol–water partition coefficient (Wildman–Crippen LogP) is 1.26. The van der Waals surface area contributed by atoms with Gasteiger partial charge in [-0.1, -0.05) is 12.8 Å². The monoisotopic (exact) mass is 201 g/mol. The van der Waals surface area contributed by atoms with E-state index >= 15 is 0 Å². The molecule has 1 aliphatic carbocycles. The maximum absolute atomic E-state index is 9.19. The minimum atomic E-state index is -0.306. The van der Waals surface area contributed by atoms with Crippen molar-refractivity contribution < 1.29 is 9.84 Å². The molecule has 1 heterocycles. The van der Waals surface area contributed by atoms with E-state index in [1.165, 1.54) is 12.8 Å². The Balaban J connectivity index is 0.000000140. The van der Waals surface area contributed by atoms with Gasteiger partial charge in [0.25, 0.3) is 0 Å². The van der Waals surface area contributed by atoms with E-state index in [9.17, 15) is 5.11 Å². The Labute approximate surface area is 87.1 Å². The van der Waals surface area contributed by atoms with Crippen LogP contribution in [0.5, 0.6) is 0 Å². The molecule has 1 saturated carbocycles. The minimum Gasteiger partial charge on any atom is -0.390 e. The largest absolute Gasteiger partial charge is 0.390 e. The fraction of sp³-hybridized carbons (Fsp3) is 1.00. The molecule has 3 heteroatoms. The number of morpholine rings is 1. The van der Waals surface area contributed by atoms with Crippen molar-refractivity contribution in [2.75, 3.05) is 33.4 Å². The Kier molecular flexibility index (Phi) is 4.85. The molecule has 14 heavy (non-hydrogen) atoms. The van der Waals surface area contributed by atoms with Crippen LogP contribution < -0.4 is 0 Å². The third-order valence-electron chi connectivity index (χ3n) is 2.92. The quantitative estimate of drug-likeness (QED) is 0.640. The number of nitrogens with zero attached hydrogens (tertiary/aromatic N) is 1. The Hall–Kier alpha value is -0.120. The Morgan fingerprint density at radius 1 is 1.14 bits per heavy atom. The number of likely N-dealkylation sites (N-methyl/N-ethyl adjacent to an activating group) is 1. The van der Waals surface area contributed by atoms with E-state index in [4.69, 9.17) is 4.74 Å². The zero-order valence-corrected chi connectivity index (χ0v) is 9.46. The summed E-state index contributed by atoms with van der Waals surface area (Å²) in [5.74, 6) is 0. The van der Waals surface area contributed by atoms with Gasteiger partial charge in [0, 0.05) is 13.1 Å². The minimum absolute atomic E-state index is 0.306. The second-order valence-electron chi connectivity index (χ2n) is 4.62. The van der Waals surface area contributed by atoms with Crippen LogP contribution in [0.25, 0.3) is 0 Å². The lowest BCUT2D eigenvalue weighted by Crippen LogP contribution is -2.32. The molecule has 2 fully saturated rings. The van der Waals surface area contributed by atoms with Crippen molar-refractivity contribution in [3.8, 4) is 0 Å². The van der Waals surface area contributed by atoms with Crippen LogP contribution in [0, 0.1) is 0 Å². The van der Waals surface area contributed by atoms with Gasteiger partial charge < -0.3 is 14.7 Å². The number of hydrogen-bond acceptors (Lipinski definition) is 3. The van der Waals surface area contributed by atoms with E-state index in [1.54, 1.807) is 0 Å². The van der Waals surface area contributed by atoms with Crippen LogP contribution in [-0.2, 0) is 4.74 Å². The van der Waals surface area contributed by atoms with Gasteiger partial charge in [-0.3, -0.25) is 0 Å². The van der Waals surface area contributed by atoms with E-state index in [0.29, 0.717) is 0 Å². The maximum atomic E-state index is 9.19. The van der Waals surface area contributed by atoms with Crippen molar-refractivity contribution in [2.24, 2.45) is 0 Å². The van der Waals surface area contributed by atoms with Crippen LogP contribution in [0.1, 0.15) is 32.6 Å². The van der Waals surface area contributed by atoms with E-state index in [-0.39, 0.29) is 5.60 Å². The molecule has 1 aliphatic heterocycles. The van der Waals surface area contributed by atoms with Gasteiger partial charge in [0.15, 0.2) is 0 Å². The van der Waals surface area contributed by atoms with Crippen LogP contribution in [0.2, 0.25) is 0 Å². The Morgan fingerprint density at radius 3 is 1.86 bits per heavy atom. The zero-order valence-electron chi connectivity index (χ0n) is 9.46. The number of hydrogen-bond donors (Lipinski definition) is 1. The van der Waals surface area contributed by atoms with Crippen molar-refractivity contribution in [1.29, 1.82) is 0 Å². The third-order valence-corrected chi connectivity index (χ3v) is 2.92. The molecule has 0 amide bonds. The van der Waals surface area contributed by atoms with Crippen LogP contribution >= 0.6 is 0 Å². The summed E-state index contributed by atoms with van der Waals surface area (Å²) >= 11 is 0. The highest BCUT2D eigenvalue weighted by molar-refractivity contribution is 4.78. The second-order valence-corrected chi connectivity index (χ2v) is 4.62. The molecular weight excluding hydrogens is 178 g/mol. The molecule has 3 nitrogen and oxygen atoms in total. The first-order chi connectivity index (χ1) is 6.60. The summed E-state index contributed by atoms with van der Waals surface area (Å²) in [6.07, 6.45) is 4.44. The molecule has 1 N–H and O–H groups in total. The smallest absolute Gasteiger partial charge is 0.0619 e. The Bertz CT molecular complexity index is 145. The summed E-state index contributed by atoms with van der Waals surface area (Å²) in [5, 5.41) is 9.19. The molecule has 84 valence electrons. The van der Waals surface area contributed by atoms with E-state index in [2.05, 4.69) is 11.9 Å². The summed E-state index contributed by atoms with van der Waals surface area (Å²) in [7, 11) is 2.11. The van der Waals surface area contributed by atoms with Crippen molar-refractivity contribution in [3.63, 3.8) is 0 Å². The molecule has 0 spiro atoms. The normalized spacial score (nSPS) is 26.8. The molecule has 0 aromatic heterocycles. The van der Waals surface area contributed by atoms with E-state index in [0.717, 1.165) is 39.1 Å². The standard InChI is InChI=1S/C6H12O.C5H11NO/c1-6(7)4-2-3-5-6;1-6-2-4-7-5-3-6/h7H,2-5H2,1H3;2-5H2,1H3. The van der Waals surface area contributed by atoms with Gasteiger partial charge in [-0.15, -0.1) is 0 Å².